The Balaban J connectivity index is 1.42. The maximum absolute atomic E-state index is 10.4. The minimum atomic E-state index is -0.609. The summed E-state index contributed by atoms with van der Waals surface area (Å²) in [6.45, 7) is 6.31. The Morgan fingerprint density at radius 1 is 0.970 bits per heavy atom. The van der Waals surface area contributed by atoms with Gasteiger partial charge in [-0.3, -0.25) is 9.80 Å². The molecule has 1 heterocycles. The van der Waals surface area contributed by atoms with Gasteiger partial charge in [0, 0.05) is 32.7 Å². The monoisotopic (exact) mass is 460 g/mol. The van der Waals surface area contributed by atoms with Crippen molar-refractivity contribution in [3.05, 3.63) is 48.0 Å². The molecule has 1 saturated heterocycles. The Kier molecular flexibility index (Phi) is 10.1. The molecule has 33 heavy (non-hydrogen) atoms. The fourth-order valence-electron chi connectivity index (χ4n) is 3.69. The van der Waals surface area contributed by atoms with Gasteiger partial charge in [-0.1, -0.05) is 6.07 Å². The number of hydrogen-bond acceptors (Lipinski definition) is 8. The van der Waals surface area contributed by atoms with Crippen molar-refractivity contribution in [2.45, 2.75) is 12.6 Å². The van der Waals surface area contributed by atoms with Crippen molar-refractivity contribution in [3.63, 3.8) is 0 Å². The predicted octanol–water partition coefficient (Wildman–Crippen LogP) is 2.29. The van der Waals surface area contributed by atoms with Crippen LogP contribution in [0, 0.1) is 0 Å². The Morgan fingerprint density at radius 2 is 1.70 bits per heavy atom. The predicted molar refractivity (Wildman–Crippen MR) is 127 cm³/mol. The first kappa shape index (κ1) is 25.1. The van der Waals surface area contributed by atoms with Gasteiger partial charge in [0.15, 0.2) is 11.5 Å². The highest BCUT2D eigenvalue weighted by atomic mass is 16.5. The van der Waals surface area contributed by atoms with E-state index < -0.39 is 6.10 Å². The number of methoxy groups -OCH3 is 2. The van der Waals surface area contributed by atoms with Gasteiger partial charge in [0.05, 0.1) is 27.4 Å². The minimum Gasteiger partial charge on any atom is -0.497 e. The van der Waals surface area contributed by atoms with Crippen molar-refractivity contribution in [1.29, 1.82) is 0 Å². The summed E-state index contributed by atoms with van der Waals surface area (Å²) in [7, 11) is 5.24. The standard InChI is InChI=1S/C25H36N2O6/c1-26(18-21(28)19-33-23-7-5-22(29-2)6-8-23)17-20-4-9-24(25(16-20)30-3)32-15-12-27-10-13-31-14-11-27/h4-9,16,21,28H,10-15,17-19H2,1-3H3. The van der Waals surface area contributed by atoms with Crippen LogP contribution in [-0.2, 0) is 11.3 Å². The van der Waals surface area contributed by atoms with Gasteiger partial charge < -0.3 is 28.8 Å². The Morgan fingerprint density at radius 3 is 2.39 bits per heavy atom. The maximum atomic E-state index is 10.4. The van der Waals surface area contributed by atoms with E-state index in [-0.39, 0.29) is 6.61 Å². The van der Waals surface area contributed by atoms with Crippen LogP contribution in [0.15, 0.2) is 42.5 Å². The van der Waals surface area contributed by atoms with Gasteiger partial charge >= 0.3 is 0 Å². The van der Waals surface area contributed by atoms with Crippen LogP contribution in [0.2, 0.25) is 0 Å². The molecule has 1 fully saturated rings. The number of nitrogens with zero attached hydrogens (tertiary/aromatic N) is 2. The van der Waals surface area contributed by atoms with Crippen molar-refractivity contribution in [2.75, 3.05) is 73.9 Å². The number of ether oxygens (including phenoxy) is 5. The van der Waals surface area contributed by atoms with Crippen LogP contribution in [0.4, 0.5) is 0 Å². The van der Waals surface area contributed by atoms with Gasteiger partial charge in [0.1, 0.15) is 30.8 Å². The molecule has 8 nitrogen and oxygen atoms in total. The molecule has 1 N–H and O–H groups in total. The van der Waals surface area contributed by atoms with Crippen molar-refractivity contribution in [3.8, 4) is 23.0 Å². The number of likely N-dealkylation sites (N-methyl/N-ethyl adjacent to an activating group) is 1. The topological polar surface area (TPSA) is 72.9 Å². The number of benzene rings is 2. The highest BCUT2D eigenvalue weighted by Gasteiger charge is 2.13. The van der Waals surface area contributed by atoms with Gasteiger partial charge in [-0.25, -0.2) is 0 Å². The second kappa shape index (κ2) is 13.3. The number of hydrogen-bond donors (Lipinski definition) is 1. The number of morpholine rings is 1. The molecule has 0 spiro atoms. The largest absolute Gasteiger partial charge is 0.497 e. The lowest BCUT2D eigenvalue weighted by molar-refractivity contribution is 0.0321. The summed E-state index contributed by atoms with van der Waals surface area (Å²) in [6, 6.07) is 13.3. The average Bonchev–Trinajstić information content (AvgIpc) is 2.84. The van der Waals surface area contributed by atoms with E-state index in [1.165, 1.54) is 0 Å². The third-order valence-electron chi connectivity index (χ3n) is 5.47. The van der Waals surface area contributed by atoms with E-state index in [0.717, 1.165) is 49.9 Å². The summed E-state index contributed by atoms with van der Waals surface area (Å²) in [4.78, 5) is 4.39. The lowest BCUT2D eigenvalue weighted by Gasteiger charge is -2.26. The maximum Gasteiger partial charge on any atom is 0.161 e. The molecule has 0 radical (unpaired) electrons. The lowest BCUT2D eigenvalue weighted by atomic mass is 10.2. The molecule has 0 amide bonds. The third kappa shape index (κ3) is 8.40. The number of rotatable bonds is 13. The molecular weight excluding hydrogens is 424 g/mol. The van der Waals surface area contributed by atoms with E-state index in [1.54, 1.807) is 14.2 Å². The van der Waals surface area contributed by atoms with E-state index in [1.807, 2.05) is 49.5 Å². The van der Waals surface area contributed by atoms with Crippen molar-refractivity contribution < 1.29 is 28.8 Å². The molecule has 1 unspecified atom stereocenters. The van der Waals surface area contributed by atoms with Gasteiger partial charge in [-0.15, -0.1) is 0 Å². The highest BCUT2D eigenvalue weighted by Crippen LogP contribution is 2.28. The molecular formula is C25H36N2O6. The van der Waals surface area contributed by atoms with Crippen LogP contribution < -0.4 is 18.9 Å². The van der Waals surface area contributed by atoms with Crippen molar-refractivity contribution >= 4 is 0 Å². The van der Waals surface area contributed by atoms with E-state index in [0.29, 0.717) is 31.2 Å². The van der Waals surface area contributed by atoms with Gasteiger partial charge in [-0.2, -0.15) is 0 Å². The molecule has 3 rings (SSSR count). The van der Waals surface area contributed by atoms with Crippen molar-refractivity contribution in [1.82, 2.24) is 9.80 Å². The molecule has 182 valence electrons. The second-order valence-corrected chi connectivity index (χ2v) is 8.12. The molecule has 0 aliphatic carbocycles. The zero-order valence-electron chi connectivity index (χ0n) is 19.9. The minimum absolute atomic E-state index is 0.218. The van der Waals surface area contributed by atoms with Crippen LogP contribution in [-0.4, -0.2) is 94.9 Å². The molecule has 1 aliphatic heterocycles. The van der Waals surface area contributed by atoms with Crippen LogP contribution >= 0.6 is 0 Å². The molecule has 2 aromatic rings. The Hall–Kier alpha value is -2.52. The summed E-state index contributed by atoms with van der Waals surface area (Å²) in [5.41, 5.74) is 1.08. The zero-order chi connectivity index (χ0) is 23.5. The molecule has 2 aromatic carbocycles. The van der Waals surface area contributed by atoms with Crippen LogP contribution in [0.25, 0.3) is 0 Å². The lowest BCUT2D eigenvalue weighted by Crippen LogP contribution is -2.38. The van der Waals surface area contributed by atoms with E-state index in [4.69, 9.17) is 23.7 Å². The third-order valence-corrected chi connectivity index (χ3v) is 5.47. The molecule has 0 saturated carbocycles. The molecule has 8 heteroatoms. The SMILES string of the molecule is COc1ccc(OCC(O)CN(C)Cc2ccc(OCCN3CCOCC3)c(OC)c2)cc1. The van der Waals surface area contributed by atoms with Crippen LogP contribution in [0.5, 0.6) is 23.0 Å². The van der Waals surface area contributed by atoms with E-state index in [2.05, 4.69) is 9.80 Å². The van der Waals surface area contributed by atoms with Crippen LogP contribution in [0.3, 0.4) is 0 Å². The Labute approximate surface area is 196 Å². The summed E-state index contributed by atoms with van der Waals surface area (Å²) < 4.78 is 27.7. The fraction of sp³-hybridized carbons (Fsp3) is 0.520. The average molecular weight is 461 g/mol. The molecule has 0 bridgehead atoms. The zero-order valence-corrected chi connectivity index (χ0v) is 19.9. The first-order valence-electron chi connectivity index (χ1n) is 11.3. The smallest absolute Gasteiger partial charge is 0.161 e. The van der Waals surface area contributed by atoms with Crippen LogP contribution in [0.1, 0.15) is 5.56 Å². The fourth-order valence-corrected chi connectivity index (χ4v) is 3.69. The summed E-state index contributed by atoms with van der Waals surface area (Å²) in [5.74, 6) is 2.93. The molecule has 0 aromatic heterocycles. The summed E-state index contributed by atoms with van der Waals surface area (Å²) in [5, 5.41) is 10.4. The molecule has 1 atom stereocenters. The first-order chi connectivity index (χ1) is 16.1. The van der Waals surface area contributed by atoms with E-state index >= 15 is 0 Å². The summed E-state index contributed by atoms with van der Waals surface area (Å²) in [6.07, 6.45) is -0.609. The van der Waals surface area contributed by atoms with Gasteiger partial charge in [0.25, 0.3) is 0 Å². The normalized spacial score (nSPS) is 15.3. The number of aliphatic hydroxyl groups excluding tert-OH is 1. The van der Waals surface area contributed by atoms with Gasteiger partial charge in [0.2, 0.25) is 0 Å². The van der Waals surface area contributed by atoms with E-state index in [9.17, 15) is 5.11 Å². The summed E-state index contributed by atoms with van der Waals surface area (Å²) >= 11 is 0. The quantitative estimate of drug-likeness (QED) is 0.488. The number of aliphatic hydroxyl groups is 1. The highest BCUT2D eigenvalue weighted by molar-refractivity contribution is 5.43. The van der Waals surface area contributed by atoms with Crippen molar-refractivity contribution in [2.24, 2.45) is 0 Å². The molecule has 1 aliphatic rings. The first-order valence-corrected chi connectivity index (χ1v) is 11.3. The van der Waals surface area contributed by atoms with Gasteiger partial charge in [-0.05, 0) is 49.0 Å². The Bertz CT molecular complexity index is 826. The second-order valence-electron chi connectivity index (χ2n) is 8.12.